The van der Waals surface area contributed by atoms with E-state index in [4.69, 9.17) is 0 Å². The summed E-state index contributed by atoms with van der Waals surface area (Å²) in [6.07, 6.45) is -2.79. The highest BCUT2D eigenvalue weighted by molar-refractivity contribution is 5.92. The highest BCUT2D eigenvalue weighted by Crippen LogP contribution is 2.23. The lowest BCUT2D eigenvalue weighted by Gasteiger charge is -2.34. The van der Waals surface area contributed by atoms with Crippen LogP contribution in [0.4, 0.5) is 13.2 Å². The van der Waals surface area contributed by atoms with Crippen LogP contribution in [0.1, 0.15) is 29.0 Å². The van der Waals surface area contributed by atoms with Crippen molar-refractivity contribution in [2.45, 2.75) is 25.9 Å². The third-order valence-electron chi connectivity index (χ3n) is 4.32. The number of nitrogens with zero attached hydrogens (tertiary/aromatic N) is 4. The van der Waals surface area contributed by atoms with E-state index < -0.39 is 12.7 Å². The number of halogens is 3. The van der Waals surface area contributed by atoms with Crippen LogP contribution in [0.15, 0.2) is 6.07 Å². The van der Waals surface area contributed by atoms with Crippen LogP contribution >= 0.6 is 0 Å². The van der Waals surface area contributed by atoms with E-state index in [0.717, 1.165) is 5.69 Å². The number of carbonyl (C=O) groups excluding carboxylic acids is 1. The van der Waals surface area contributed by atoms with Gasteiger partial charge in [0.15, 0.2) is 5.69 Å². The van der Waals surface area contributed by atoms with Gasteiger partial charge in [0, 0.05) is 26.3 Å². The van der Waals surface area contributed by atoms with Crippen LogP contribution in [0.2, 0.25) is 0 Å². The molecule has 0 N–H and O–H groups in total. The summed E-state index contributed by atoms with van der Waals surface area (Å²) in [6, 6.07) is 1.74. The number of carbonyl (C=O) groups is 1. The number of likely N-dealkylation sites (tertiary alicyclic amines) is 1. The van der Waals surface area contributed by atoms with Crippen molar-refractivity contribution in [1.29, 1.82) is 0 Å². The Morgan fingerprint density at radius 3 is 2.48 bits per heavy atom. The molecule has 0 atom stereocenters. The third-order valence-corrected chi connectivity index (χ3v) is 4.32. The first-order valence-electron chi connectivity index (χ1n) is 7.71. The van der Waals surface area contributed by atoms with E-state index in [-0.39, 0.29) is 11.8 Å². The van der Waals surface area contributed by atoms with Gasteiger partial charge in [-0.2, -0.15) is 18.3 Å². The maximum Gasteiger partial charge on any atom is 0.401 e. The summed E-state index contributed by atoms with van der Waals surface area (Å²) in [5.41, 5.74) is 1.31. The van der Waals surface area contributed by atoms with E-state index in [1.54, 1.807) is 29.7 Å². The number of hydrogen-bond acceptors (Lipinski definition) is 3. The predicted molar refractivity (Wildman–Crippen MR) is 80.1 cm³/mol. The number of piperidine rings is 1. The fourth-order valence-corrected chi connectivity index (χ4v) is 2.91. The van der Waals surface area contributed by atoms with Gasteiger partial charge in [-0.1, -0.05) is 0 Å². The molecule has 1 aliphatic heterocycles. The van der Waals surface area contributed by atoms with Gasteiger partial charge in [0.2, 0.25) is 0 Å². The van der Waals surface area contributed by atoms with Crippen molar-refractivity contribution in [1.82, 2.24) is 19.6 Å². The lowest BCUT2D eigenvalue weighted by atomic mass is 9.96. The SMILES string of the molecule is Cc1cc(C(=O)N(C)CC2CCN(CC(F)(F)F)CC2)nn1C. The summed E-state index contributed by atoms with van der Waals surface area (Å²) in [4.78, 5) is 15.4. The maximum absolute atomic E-state index is 12.4. The highest BCUT2D eigenvalue weighted by Gasteiger charge is 2.33. The van der Waals surface area contributed by atoms with Crippen molar-refractivity contribution in [3.05, 3.63) is 17.5 Å². The molecular weight excluding hydrogens is 309 g/mol. The molecule has 2 rings (SSSR count). The molecule has 1 amide bonds. The summed E-state index contributed by atoms with van der Waals surface area (Å²) >= 11 is 0. The average molecular weight is 332 g/mol. The molecule has 0 aliphatic carbocycles. The third kappa shape index (κ3) is 4.95. The molecule has 0 saturated carbocycles. The van der Waals surface area contributed by atoms with Gasteiger partial charge in [-0.25, -0.2) is 0 Å². The average Bonchev–Trinajstić information content (AvgIpc) is 2.78. The smallest absolute Gasteiger partial charge is 0.340 e. The van der Waals surface area contributed by atoms with Crippen molar-refractivity contribution in [2.75, 3.05) is 33.2 Å². The molecule has 1 aliphatic rings. The second kappa shape index (κ2) is 6.90. The molecule has 23 heavy (non-hydrogen) atoms. The highest BCUT2D eigenvalue weighted by atomic mass is 19.4. The molecule has 0 aromatic carbocycles. The van der Waals surface area contributed by atoms with Crippen LogP contribution in [0.5, 0.6) is 0 Å². The van der Waals surface area contributed by atoms with Crippen molar-refractivity contribution in [3.63, 3.8) is 0 Å². The maximum atomic E-state index is 12.4. The molecule has 1 aromatic rings. The first kappa shape index (κ1) is 17.8. The monoisotopic (exact) mass is 332 g/mol. The molecule has 0 radical (unpaired) electrons. The minimum absolute atomic E-state index is 0.147. The number of hydrogen-bond donors (Lipinski definition) is 0. The Kier molecular flexibility index (Phi) is 5.33. The topological polar surface area (TPSA) is 41.4 Å². The van der Waals surface area contributed by atoms with Crippen LogP contribution in [0.3, 0.4) is 0 Å². The second-order valence-electron chi connectivity index (χ2n) is 6.31. The van der Waals surface area contributed by atoms with Crippen LogP contribution in [0, 0.1) is 12.8 Å². The van der Waals surface area contributed by atoms with Gasteiger partial charge < -0.3 is 4.90 Å². The van der Waals surface area contributed by atoms with Crippen LogP contribution in [-0.4, -0.2) is 64.9 Å². The number of aryl methyl sites for hydroxylation is 2. The minimum atomic E-state index is -4.14. The normalized spacial score (nSPS) is 17.5. The summed E-state index contributed by atoms with van der Waals surface area (Å²) in [5, 5.41) is 4.17. The molecule has 130 valence electrons. The van der Waals surface area contributed by atoms with E-state index in [2.05, 4.69) is 5.10 Å². The Morgan fingerprint density at radius 1 is 1.39 bits per heavy atom. The van der Waals surface area contributed by atoms with Gasteiger partial charge in [0.25, 0.3) is 5.91 Å². The van der Waals surface area contributed by atoms with Gasteiger partial charge in [-0.15, -0.1) is 0 Å². The quantitative estimate of drug-likeness (QED) is 0.848. The van der Waals surface area contributed by atoms with E-state index in [9.17, 15) is 18.0 Å². The molecule has 1 fully saturated rings. The Balaban J connectivity index is 1.82. The molecule has 1 aromatic heterocycles. The number of alkyl halides is 3. The van der Waals surface area contributed by atoms with E-state index in [0.29, 0.717) is 38.2 Å². The van der Waals surface area contributed by atoms with Crippen LogP contribution in [-0.2, 0) is 7.05 Å². The Labute approximate surface area is 134 Å². The lowest BCUT2D eigenvalue weighted by Crippen LogP contribution is -2.42. The Hall–Kier alpha value is -1.57. The molecule has 1 saturated heterocycles. The molecule has 8 heteroatoms. The molecule has 2 heterocycles. The fraction of sp³-hybridized carbons (Fsp3) is 0.733. The summed E-state index contributed by atoms with van der Waals surface area (Å²) in [6.45, 7) is 2.43. The Morgan fingerprint density at radius 2 is 2.00 bits per heavy atom. The van der Waals surface area contributed by atoms with E-state index in [1.807, 2.05) is 6.92 Å². The van der Waals surface area contributed by atoms with Gasteiger partial charge >= 0.3 is 6.18 Å². The van der Waals surface area contributed by atoms with Crippen molar-refractivity contribution < 1.29 is 18.0 Å². The standard InChI is InChI=1S/C15H23F3N4O/c1-11-8-13(19-21(11)3)14(23)20(2)9-12-4-6-22(7-5-12)10-15(16,17)18/h8,12H,4-7,9-10H2,1-3H3. The van der Waals surface area contributed by atoms with Gasteiger partial charge in [-0.3, -0.25) is 14.4 Å². The van der Waals surface area contributed by atoms with Gasteiger partial charge in [0.05, 0.1) is 6.54 Å². The minimum Gasteiger partial charge on any atom is -0.340 e. The number of aromatic nitrogens is 2. The molecule has 0 bridgehead atoms. The van der Waals surface area contributed by atoms with Crippen molar-refractivity contribution in [2.24, 2.45) is 13.0 Å². The zero-order valence-corrected chi connectivity index (χ0v) is 13.7. The zero-order chi connectivity index (χ0) is 17.2. The van der Waals surface area contributed by atoms with Crippen LogP contribution < -0.4 is 0 Å². The van der Waals surface area contributed by atoms with E-state index >= 15 is 0 Å². The largest absolute Gasteiger partial charge is 0.401 e. The van der Waals surface area contributed by atoms with Gasteiger partial charge in [0.1, 0.15) is 0 Å². The Bertz CT molecular complexity index is 528. The van der Waals surface area contributed by atoms with Crippen molar-refractivity contribution >= 4 is 5.91 Å². The summed E-state index contributed by atoms with van der Waals surface area (Å²) < 4.78 is 38.8. The molecular formula is C15H23F3N4O. The van der Waals surface area contributed by atoms with Gasteiger partial charge in [-0.05, 0) is 44.8 Å². The first-order chi connectivity index (χ1) is 10.7. The number of amides is 1. The molecule has 0 spiro atoms. The predicted octanol–water partition coefficient (Wildman–Crippen LogP) is 2.07. The molecule has 0 unspecified atom stereocenters. The lowest BCUT2D eigenvalue weighted by molar-refractivity contribution is -0.148. The van der Waals surface area contributed by atoms with E-state index in [1.165, 1.54) is 4.90 Å². The second-order valence-corrected chi connectivity index (χ2v) is 6.31. The summed E-state index contributed by atoms with van der Waals surface area (Å²) in [5.74, 6) is 0.0877. The van der Waals surface area contributed by atoms with Crippen molar-refractivity contribution in [3.8, 4) is 0 Å². The number of rotatable bonds is 4. The fourth-order valence-electron chi connectivity index (χ4n) is 2.91. The van der Waals surface area contributed by atoms with Crippen LogP contribution in [0.25, 0.3) is 0 Å². The zero-order valence-electron chi connectivity index (χ0n) is 13.7. The summed E-state index contributed by atoms with van der Waals surface area (Å²) in [7, 11) is 3.50. The first-order valence-corrected chi connectivity index (χ1v) is 7.71. The molecule has 5 nitrogen and oxygen atoms in total.